The first-order chi connectivity index (χ1) is 20.7. The molecule has 6 atom stereocenters. The summed E-state index contributed by atoms with van der Waals surface area (Å²) in [7, 11) is 2.09. The van der Waals surface area contributed by atoms with Gasteiger partial charge in [-0.05, 0) is 130 Å². The summed E-state index contributed by atoms with van der Waals surface area (Å²) < 4.78 is 62.7. The van der Waals surface area contributed by atoms with Gasteiger partial charge in [-0.15, -0.1) is 6.58 Å². The third-order valence-electron chi connectivity index (χ3n) is 11.7. The number of phenols is 1. The molecule has 3 aliphatic carbocycles. The second-order valence-electron chi connectivity index (χ2n) is 14.5. The van der Waals surface area contributed by atoms with E-state index in [-0.39, 0.29) is 23.4 Å². The van der Waals surface area contributed by atoms with Gasteiger partial charge >= 0.3 is 12.1 Å². The predicted molar refractivity (Wildman–Crippen MR) is 166 cm³/mol. The van der Waals surface area contributed by atoms with E-state index in [2.05, 4.69) is 37.6 Å². The number of benzene rings is 1. The summed E-state index contributed by atoms with van der Waals surface area (Å²) in [6, 6.07) is 5.94. The molecule has 1 aromatic rings. The van der Waals surface area contributed by atoms with Crippen LogP contribution in [0.5, 0.6) is 5.75 Å². The standard InChI is InChI=1S/C36H54F5NO2/c1-4-34-21-19-26-24-28(43)15-16-29(26)32(34)27(25-33(2)30(34)17-18-31(33)44)14-10-6-9-13-23-42(3)22-12-8-5-7-11-20-35(37,38)36(39,40)41/h4,15-16,24,27,30-32,43-44H,1,5-14,17-23,25H2,2-3H3/t27-,30+,31-,32+,33-,34-/m0/s1. The maximum absolute atomic E-state index is 13.0. The van der Waals surface area contributed by atoms with Crippen LogP contribution in [-0.2, 0) is 6.42 Å². The number of hydrogen-bond acceptors (Lipinski definition) is 3. The zero-order valence-electron chi connectivity index (χ0n) is 26.8. The van der Waals surface area contributed by atoms with Crippen LogP contribution >= 0.6 is 0 Å². The molecule has 0 spiro atoms. The molecule has 3 aliphatic rings. The van der Waals surface area contributed by atoms with Crippen molar-refractivity contribution >= 4 is 0 Å². The summed E-state index contributed by atoms with van der Waals surface area (Å²) in [5.41, 5.74) is 2.55. The molecular weight excluding hydrogens is 573 g/mol. The zero-order valence-corrected chi connectivity index (χ0v) is 26.8. The number of aryl methyl sites for hydroxylation is 1. The van der Waals surface area contributed by atoms with Gasteiger partial charge in [0.25, 0.3) is 0 Å². The van der Waals surface area contributed by atoms with Gasteiger partial charge in [-0.3, -0.25) is 0 Å². The van der Waals surface area contributed by atoms with Crippen molar-refractivity contribution in [2.45, 2.75) is 134 Å². The molecule has 3 nitrogen and oxygen atoms in total. The minimum Gasteiger partial charge on any atom is -0.508 e. The van der Waals surface area contributed by atoms with Crippen LogP contribution in [0.3, 0.4) is 0 Å². The Morgan fingerprint density at radius 2 is 1.59 bits per heavy atom. The van der Waals surface area contributed by atoms with E-state index in [1.54, 1.807) is 0 Å². The average molecular weight is 628 g/mol. The van der Waals surface area contributed by atoms with Crippen molar-refractivity contribution in [1.29, 1.82) is 0 Å². The van der Waals surface area contributed by atoms with Crippen LogP contribution in [0, 0.1) is 22.7 Å². The van der Waals surface area contributed by atoms with E-state index in [9.17, 15) is 32.2 Å². The fraction of sp³-hybridized carbons (Fsp3) is 0.778. The van der Waals surface area contributed by atoms with E-state index >= 15 is 0 Å². The molecule has 2 fully saturated rings. The number of phenolic OH excluding ortho intramolecular Hbond substituents is 1. The van der Waals surface area contributed by atoms with Crippen LogP contribution in [0.4, 0.5) is 22.0 Å². The Labute approximate surface area is 261 Å². The van der Waals surface area contributed by atoms with Crippen LogP contribution in [0.15, 0.2) is 30.9 Å². The largest absolute Gasteiger partial charge is 0.508 e. The smallest absolute Gasteiger partial charge is 0.453 e. The highest BCUT2D eigenvalue weighted by atomic mass is 19.4. The molecule has 0 amide bonds. The van der Waals surface area contributed by atoms with E-state index in [1.807, 2.05) is 12.1 Å². The number of nitrogens with zero attached hydrogens (tertiary/aromatic N) is 1. The number of halogens is 5. The molecule has 0 heterocycles. The lowest BCUT2D eigenvalue weighted by Crippen LogP contribution is -2.54. The highest BCUT2D eigenvalue weighted by Gasteiger charge is 2.63. The zero-order chi connectivity index (χ0) is 32.2. The van der Waals surface area contributed by atoms with Crippen molar-refractivity contribution in [2.75, 3.05) is 20.1 Å². The van der Waals surface area contributed by atoms with Gasteiger partial charge in [0.2, 0.25) is 0 Å². The van der Waals surface area contributed by atoms with Crippen molar-refractivity contribution in [1.82, 2.24) is 4.90 Å². The Hall–Kier alpha value is -1.67. The first-order valence-corrected chi connectivity index (χ1v) is 17.0. The van der Waals surface area contributed by atoms with Crippen molar-refractivity contribution < 1.29 is 32.2 Å². The van der Waals surface area contributed by atoms with E-state index in [0.29, 0.717) is 36.3 Å². The summed E-state index contributed by atoms with van der Waals surface area (Å²) in [5, 5.41) is 21.3. The Kier molecular flexibility index (Phi) is 11.5. The summed E-state index contributed by atoms with van der Waals surface area (Å²) >= 11 is 0. The molecule has 2 N–H and O–H groups in total. The lowest BCUT2D eigenvalue weighted by molar-refractivity contribution is -0.284. The number of hydrogen-bond donors (Lipinski definition) is 2. The van der Waals surface area contributed by atoms with Crippen LogP contribution in [-0.4, -0.2) is 53.5 Å². The summed E-state index contributed by atoms with van der Waals surface area (Å²) in [6.07, 6.45) is 8.76. The van der Waals surface area contributed by atoms with E-state index in [4.69, 9.17) is 0 Å². The number of aromatic hydroxyl groups is 1. The topological polar surface area (TPSA) is 43.7 Å². The third kappa shape index (κ3) is 7.48. The number of allylic oxidation sites excluding steroid dienone is 1. The summed E-state index contributed by atoms with van der Waals surface area (Å²) in [4.78, 5) is 2.29. The first-order valence-electron chi connectivity index (χ1n) is 17.0. The number of rotatable bonds is 16. The van der Waals surface area contributed by atoms with Gasteiger partial charge in [-0.2, -0.15) is 22.0 Å². The fourth-order valence-electron chi connectivity index (χ4n) is 9.35. The molecule has 0 aromatic heterocycles. The SMILES string of the molecule is C=C[C@@]12CCc3cc(O)ccc3[C@H]1[C@@H](CCCCCCN(C)CCCCCCCC(F)(F)C(F)(F)F)C[C@@]1(C)[C@H]2CC[C@@H]1O. The minimum absolute atomic E-state index is 0.0179. The Morgan fingerprint density at radius 3 is 2.25 bits per heavy atom. The monoisotopic (exact) mass is 627 g/mol. The minimum atomic E-state index is -5.45. The van der Waals surface area contributed by atoms with Crippen LogP contribution < -0.4 is 0 Å². The van der Waals surface area contributed by atoms with E-state index in [1.165, 1.54) is 11.1 Å². The van der Waals surface area contributed by atoms with Gasteiger partial charge in [-0.25, -0.2) is 0 Å². The second kappa shape index (κ2) is 14.4. The molecule has 2 saturated carbocycles. The molecule has 1 aromatic carbocycles. The van der Waals surface area contributed by atoms with E-state index in [0.717, 1.165) is 90.1 Å². The first kappa shape index (κ1) is 35.2. The number of fused-ring (bicyclic) bond motifs is 5. The van der Waals surface area contributed by atoms with Crippen molar-refractivity contribution in [3.63, 3.8) is 0 Å². The maximum atomic E-state index is 13.0. The molecule has 250 valence electrons. The molecule has 0 saturated heterocycles. The molecule has 8 heteroatoms. The van der Waals surface area contributed by atoms with Gasteiger partial charge in [0.1, 0.15) is 5.75 Å². The number of unbranched alkanes of at least 4 members (excludes halogenated alkanes) is 7. The van der Waals surface area contributed by atoms with Crippen LogP contribution in [0.25, 0.3) is 0 Å². The lowest BCUT2D eigenvalue weighted by Gasteiger charge is -2.60. The molecule has 4 rings (SSSR count). The third-order valence-corrected chi connectivity index (χ3v) is 11.7. The Balaban J connectivity index is 1.20. The van der Waals surface area contributed by atoms with Gasteiger partial charge < -0.3 is 15.1 Å². The number of aliphatic hydroxyl groups excluding tert-OH is 1. The van der Waals surface area contributed by atoms with Gasteiger partial charge in [0, 0.05) is 6.42 Å². The van der Waals surface area contributed by atoms with Crippen LogP contribution in [0.2, 0.25) is 0 Å². The van der Waals surface area contributed by atoms with Crippen LogP contribution in [0.1, 0.15) is 120 Å². The van der Waals surface area contributed by atoms with E-state index < -0.39 is 18.5 Å². The van der Waals surface area contributed by atoms with Crippen molar-refractivity contribution in [3.05, 3.63) is 42.0 Å². The number of aliphatic hydroxyl groups is 1. The van der Waals surface area contributed by atoms with Gasteiger partial charge in [0.15, 0.2) is 0 Å². The normalized spacial score (nSPS) is 30.2. The molecule has 0 radical (unpaired) electrons. The number of alkyl halides is 5. The molecule has 44 heavy (non-hydrogen) atoms. The maximum Gasteiger partial charge on any atom is 0.453 e. The van der Waals surface area contributed by atoms with Crippen molar-refractivity contribution in [2.24, 2.45) is 22.7 Å². The molecule has 0 aliphatic heterocycles. The molecule has 0 bridgehead atoms. The Morgan fingerprint density at radius 1 is 0.955 bits per heavy atom. The lowest BCUT2D eigenvalue weighted by atomic mass is 9.44. The highest BCUT2D eigenvalue weighted by Crippen LogP contribution is 2.69. The molecular formula is C36H54F5NO2. The van der Waals surface area contributed by atoms with Gasteiger partial charge in [0.05, 0.1) is 6.10 Å². The summed E-state index contributed by atoms with van der Waals surface area (Å²) in [6.45, 7) is 8.61. The predicted octanol–water partition coefficient (Wildman–Crippen LogP) is 9.81. The van der Waals surface area contributed by atoms with Crippen molar-refractivity contribution in [3.8, 4) is 5.75 Å². The quantitative estimate of drug-likeness (QED) is 0.109. The fourth-order valence-corrected chi connectivity index (χ4v) is 9.35. The molecule has 0 unspecified atom stereocenters. The average Bonchev–Trinajstić information content (AvgIpc) is 3.27. The van der Waals surface area contributed by atoms with Gasteiger partial charge in [-0.1, -0.05) is 57.6 Å². The highest BCUT2D eigenvalue weighted by molar-refractivity contribution is 5.43. The second-order valence-corrected chi connectivity index (χ2v) is 14.5. The summed E-state index contributed by atoms with van der Waals surface area (Å²) in [5.74, 6) is -2.97. The Bertz CT molecular complexity index is 1090.